The molecule has 0 aromatic carbocycles. The Morgan fingerprint density at radius 1 is 1.35 bits per heavy atom. The van der Waals surface area contributed by atoms with Crippen LogP contribution >= 0.6 is 0 Å². The van der Waals surface area contributed by atoms with Crippen molar-refractivity contribution < 1.29 is 14.7 Å². The molecule has 7 nitrogen and oxygen atoms in total. The molecule has 2 heterocycles. The predicted molar refractivity (Wildman–Crippen MR) is 72.5 cm³/mol. The number of piperidine rings is 1. The SMILES string of the molecule is O=C(O)c1cnc(NCCCN2CCCCC2=O)cn1. The van der Waals surface area contributed by atoms with E-state index in [1.165, 1.54) is 12.4 Å². The highest BCUT2D eigenvalue weighted by atomic mass is 16.4. The molecular weight excluding hydrogens is 260 g/mol. The van der Waals surface area contributed by atoms with Crippen LogP contribution in [-0.2, 0) is 4.79 Å². The summed E-state index contributed by atoms with van der Waals surface area (Å²) in [6, 6.07) is 0. The fraction of sp³-hybridized carbons (Fsp3) is 0.538. The minimum atomic E-state index is -1.09. The Bertz CT molecular complexity index is 475. The zero-order chi connectivity index (χ0) is 14.4. The number of nitrogens with one attached hydrogen (secondary N) is 1. The number of carbonyl (C=O) groups excluding carboxylic acids is 1. The maximum Gasteiger partial charge on any atom is 0.356 e. The number of amides is 1. The molecule has 20 heavy (non-hydrogen) atoms. The molecule has 1 aliphatic rings. The highest BCUT2D eigenvalue weighted by molar-refractivity contribution is 5.84. The number of aromatic nitrogens is 2. The van der Waals surface area contributed by atoms with E-state index >= 15 is 0 Å². The maximum atomic E-state index is 11.6. The summed E-state index contributed by atoms with van der Waals surface area (Å²) in [5.74, 6) is -0.311. The molecule has 0 spiro atoms. The number of likely N-dealkylation sites (tertiary alicyclic amines) is 1. The van der Waals surface area contributed by atoms with Crippen LogP contribution in [0.15, 0.2) is 12.4 Å². The van der Waals surface area contributed by atoms with Gasteiger partial charge in [0.2, 0.25) is 5.91 Å². The quantitative estimate of drug-likeness (QED) is 0.753. The van der Waals surface area contributed by atoms with Gasteiger partial charge in [-0.3, -0.25) is 4.79 Å². The molecule has 1 amide bonds. The Morgan fingerprint density at radius 3 is 2.85 bits per heavy atom. The Kier molecular flexibility index (Phi) is 4.86. The lowest BCUT2D eigenvalue weighted by atomic mass is 10.1. The number of hydrogen-bond donors (Lipinski definition) is 2. The number of carboxylic acids is 1. The van der Waals surface area contributed by atoms with E-state index in [0.29, 0.717) is 18.8 Å². The van der Waals surface area contributed by atoms with Crippen LogP contribution < -0.4 is 5.32 Å². The average Bonchev–Trinajstić information content (AvgIpc) is 2.46. The van der Waals surface area contributed by atoms with E-state index in [-0.39, 0.29) is 11.6 Å². The average molecular weight is 278 g/mol. The van der Waals surface area contributed by atoms with Crippen LogP contribution in [0.2, 0.25) is 0 Å². The standard InChI is InChI=1S/C13H18N4O3/c18-12-4-1-2-6-17(12)7-3-5-14-11-9-15-10(8-16-11)13(19)20/h8-9H,1-7H2,(H,14,16)(H,19,20). The molecule has 0 unspecified atom stereocenters. The van der Waals surface area contributed by atoms with Gasteiger partial charge in [0.05, 0.1) is 12.4 Å². The molecule has 0 atom stereocenters. The van der Waals surface area contributed by atoms with E-state index < -0.39 is 5.97 Å². The van der Waals surface area contributed by atoms with E-state index in [4.69, 9.17) is 5.11 Å². The Hall–Kier alpha value is -2.18. The van der Waals surface area contributed by atoms with Gasteiger partial charge < -0.3 is 15.3 Å². The predicted octanol–water partition coefficient (Wildman–Crippen LogP) is 0.989. The van der Waals surface area contributed by atoms with E-state index in [1.807, 2.05) is 4.90 Å². The van der Waals surface area contributed by atoms with Crippen molar-refractivity contribution in [3.8, 4) is 0 Å². The lowest BCUT2D eigenvalue weighted by Crippen LogP contribution is -2.36. The van der Waals surface area contributed by atoms with Crippen molar-refractivity contribution >= 4 is 17.7 Å². The molecule has 108 valence electrons. The summed E-state index contributed by atoms with van der Waals surface area (Å²) in [7, 11) is 0. The first-order valence-electron chi connectivity index (χ1n) is 6.74. The second-order valence-electron chi connectivity index (χ2n) is 4.71. The van der Waals surface area contributed by atoms with Gasteiger partial charge in [0.1, 0.15) is 5.82 Å². The van der Waals surface area contributed by atoms with Gasteiger partial charge in [0.25, 0.3) is 0 Å². The molecular formula is C13H18N4O3. The largest absolute Gasteiger partial charge is 0.476 e. The second-order valence-corrected chi connectivity index (χ2v) is 4.71. The van der Waals surface area contributed by atoms with Gasteiger partial charge in [-0.25, -0.2) is 14.8 Å². The molecule has 2 rings (SSSR count). The number of rotatable bonds is 6. The fourth-order valence-electron chi connectivity index (χ4n) is 2.11. The number of aromatic carboxylic acids is 1. The second kappa shape index (κ2) is 6.83. The summed E-state index contributed by atoms with van der Waals surface area (Å²) in [6.07, 6.45) is 6.19. The molecule has 1 aromatic rings. The molecule has 0 radical (unpaired) electrons. The van der Waals surface area contributed by atoms with Crippen molar-refractivity contribution in [2.45, 2.75) is 25.7 Å². The summed E-state index contributed by atoms with van der Waals surface area (Å²) in [5.41, 5.74) is -0.0746. The minimum absolute atomic E-state index is 0.0746. The van der Waals surface area contributed by atoms with Crippen LogP contribution in [0, 0.1) is 0 Å². The maximum absolute atomic E-state index is 11.6. The third-order valence-electron chi connectivity index (χ3n) is 3.20. The van der Waals surface area contributed by atoms with Crippen molar-refractivity contribution in [3.63, 3.8) is 0 Å². The monoisotopic (exact) mass is 278 g/mol. The van der Waals surface area contributed by atoms with Gasteiger partial charge in [0.15, 0.2) is 5.69 Å². The normalized spacial score (nSPS) is 15.2. The Labute approximate surface area is 117 Å². The van der Waals surface area contributed by atoms with E-state index in [1.54, 1.807) is 0 Å². The van der Waals surface area contributed by atoms with Gasteiger partial charge >= 0.3 is 5.97 Å². The van der Waals surface area contributed by atoms with Gasteiger partial charge in [-0.05, 0) is 19.3 Å². The van der Waals surface area contributed by atoms with Crippen LogP contribution in [0.5, 0.6) is 0 Å². The zero-order valence-electron chi connectivity index (χ0n) is 11.2. The summed E-state index contributed by atoms with van der Waals surface area (Å²) < 4.78 is 0. The summed E-state index contributed by atoms with van der Waals surface area (Å²) >= 11 is 0. The van der Waals surface area contributed by atoms with Crippen molar-refractivity contribution in [1.82, 2.24) is 14.9 Å². The molecule has 1 saturated heterocycles. The third kappa shape index (κ3) is 3.91. The molecule has 0 aliphatic carbocycles. The summed E-state index contributed by atoms with van der Waals surface area (Å²) in [6.45, 7) is 2.27. The van der Waals surface area contributed by atoms with Crippen LogP contribution in [0.1, 0.15) is 36.2 Å². The summed E-state index contributed by atoms with van der Waals surface area (Å²) in [5, 5.41) is 11.8. The summed E-state index contributed by atoms with van der Waals surface area (Å²) in [4.78, 5) is 31.8. The van der Waals surface area contributed by atoms with Crippen LogP contribution in [-0.4, -0.2) is 51.5 Å². The first kappa shape index (κ1) is 14.2. The lowest BCUT2D eigenvalue weighted by molar-refractivity contribution is -0.133. The highest BCUT2D eigenvalue weighted by Gasteiger charge is 2.16. The molecule has 2 N–H and O–H groups in total. The number of carboxylic acid groups (broad SMARTS) is 1. The van der Waals surface area contributed by atoms with E-state index in [9.17, 15) is 9.59 Å². The smallest absolute Gasteiger partial charge is 0.356 e. The third-order valence-corrected chi connectivity index (χ3v) is 3.20. The fourth-order valence-corrected chi connectivity index (χ4v) is 2.11. The van der Waals surface area contributed by atoms with Gasteiger partial charge in [-0.1, -0.05) is 0 Å². The number of nitrogens with zero attached hydrogens (tertiary/aromatic N) is 3. The van der Waals surface area contributed by atoms with Crippen LogP contribution in [0.3, 0.4) is 0 Å². The van der Waals surface area contributed by atoms with Gasteiger partial charge in [-0.2, -0.15) is 0 Å². The molecule has 1 fully saturated rings. The molecule has 0 saturated carbocycles. The number of anilines is 1. The molecule has 0 bridgehead atoms. The first-order valence-corrected chi connectivity index (χ1v) is 6.74. The van der Waals surface area contributed by atoms with E-state index in [0.717, 1.165) is 32.4 Å². The van der Waals surface area contributed by atoms with Crippen molar-refractivity contribution in [1.29, 1.82) is 0 Å². The Morgan fingerprint density at radius 2 is 2.20 bits per heavy atom. The van der Waals surface area contributed by atoms with Gasteiger partial charge in [-0.15, -0.1) is 0 Å². The van der Waals surface area contributed by atoms with Crippen molar-refractivity contribution in [2.24, 2.45) is 0 Å². The van der Waals surface area contributed by atoms with E-state index in [2.05, 4.69) is 15.3 Å². The Balaban J connectivity index is 1.70. The lowest BCUT2D eigenvalue weighted by Gasteiger charge is -2.26. The van der Waals surface area contributed by atoms with Crippen molar-refractivity contribution in [2.75, 3.05) is 25.0 Å². The highest BCUT2D eigenvalue weighted by Crippen LogP contribution is 2.10. The van der Waals surface area contributed by atoms with Crippen LogP contribution in [0.25, 0.3) is 0 Å². The van der Waals surface area contributed by atoms with Crippen molar-refractivity contribution in [3.05, 3.63) is 18.1 Å². The first-order chi connectivity index (χ1) is 9.66. The van der Waals surface area contributed by atoms with Crippen LogP contribution in [0.4, 0.5) is 5.82 Å². The number of hydrogen-bond acceptors (Lipinski definition) is 5. The molecule has 1 aliphatic heterocycles. The minimum Gasteiger partial charge on any atom is -0.476 e. The molecule has 1 aromatic heterocycles. The zero-order valence-corrected chi connectivity index (χ0v) is 11.2. The van der Waals surface area contributed by atoms with Gasteiger partial charge in [0, 0.05) is 26.1 Å². The molecule has 7 heteroatoms. The number of carbonyl (C=O) groups is 2. The topological polar surface area (TPSA) is 95.4 Å².